The summed E-state index contributed by atoms with van der Waals surface area (Å²) in [5.41, 5.74) is 2.02. The third-order valence-corrected chi connectivity index (χ3v) is 3.94. The monoisotopic (exact) mass is 257 g/mol. The van der Waals surface area contributed by atoms with Crippen LogP contribution in [0.3, 0.4) is 0 Å². The number of anilines is 1. The minimum absolute atomic E-state index is 0.174. The highest BCUT2D eigenvalue weighted by molar-refractivity contribution is 5.90. The molecule has 2 aromatic rings. The molecule has 1 aromatic heterocycles. The van der Waals surface area contributed by atoms with Crippen molar-refractivity contribution in [1.29, 1.82) is 0 Å². The number of hydrogen-bond acceptors (Lipinski definition) is 4. The molecule has 3 rings (SSSR count). The van der Waals surface area contributed by atoms with Crippen LogP contribution < -0.4 is 4.90 Å². The van der Waals surface area contributed by atoms with Gasteiger partial charge in [-0.2, -0.15) is 10.2 Å². The number of benzene rings is 1. The first kappa shape index (κ1) is 12.4. The van der Waals surface area contributed by atoms with Crippen molar-refractivity contribution < 1.29 is 5.11 Å². The van der Waals surface area contributed by atoms with E-state index in [1.165, 1.54) is 25.7 Å². The lowest BCUT2D eigenvalue weighted by Crippen LogP contribution is -2.36. The SMILES string of the molecule is OCCN(c1cnnc2ccccc12)C1CCCC1. The average molecular weight is 257 g/mol. The lowest BCUT2D eigenvalue weighted by Gasteiger charge is -2.31. The molecule has 0 atom stereocenters. The fourth-order valence-corrected chi connectivity index (χ4v) is 3.05. The minimum Gasteiger partial charge on any atom is -0.395 e. The molecule has 1 aromatic carbocycles. The van der Waals surface area contributed by atoms with Crippen molar-refractivity contribution in [3.63, 3.8) is 0 Å². The van der Waals surface area contributed by atoms with Gasteiger partial charge in [-0.15, -0.1) is 0 Å². The van der Waals surface area contributed by atoms with Gasteiger partial charge in [-0.1, -0.05) is 31.0 Å². The summed E-state index contributed by atoms with van der Waals surface area (Å²) in [4.78, 5) is 2.31. The maximum atomic E-state index is 9.35. The summed E-state index contributed by atoms with van der Waals surface area (Å²) in [6.45, 7) is 0.841. The van der Waals surface area contributed by atoms with E-state index in [2.05, 4.69) is 21.2 Å². The zero-order chi connectivity index (χ0) is 13.1. The quantitative estimate of drug-likeness (QED) is 0.913. The van der Waals surface area contributed by atoms with Crippen molar-refractivity contribution in [2.75, 3.05) is 18.1 Å². The topological polar surface area (TPSA) is 49.2 Å². The fourth-order valence-electron chi connectivity index (χ4n) is 3.05. The summed E-state index contributed by atoms with van der Waals surface area (Å²) in [5, 5.41) is 18.8. The van der Waals surface area contributed by atoms with Crippen LogP contribution in [0.2, 0.25) is 0 Å². The fraction of sp³-hybridized carbons (Fsp3) is 0.467. The van der Waals surface area contributed by atoms with E-state index in [9.17, 15) is 5.11 Å². The van der Waals surface area contributed by atoms with Gasteiger partial charge in [0.15, 0.2) is 0 Å². The Kier molecular flexibility index (Phi) is 3.60. The van der Waals surface area contributed by atoms with Gasteiger partial charge in [0, 0.05) is 18.0 Å². The molecule has 1 aliphatic carbocycles. The first-order chi connectivity index (χ1) is 9.40. The van der Waals surface area contributed by atoms with Gasteiger partial charge in [0.2, 0.25) is 0 Å². The highest BCUT2D eigenvalue weighted by Crippen LogP contribution is 2.31. The number of aliphatic hydroxyl groups excluding tert-OH is 1. The van der Waals surface area contributed by atoms with E-state index in [1.54, 1.807) is 0 Å². The lowest BCUT2D eigenvalue weighted by molar-refractivity contribution is 0.297. The normalized spacial score (nSPS) is 16.1. The molecule has 0 bridgehead atoms. The molecule has 1 N–H and O–H groups in total. The highest BCUT2D eigenvalue weighted by atomic mass is 16.3. The van der Waals surface area contributed by atoms with Crippen molar-refractivity contribution in [3.05, 3.63) is 30.5 Å². The molecule has 0 aliphatic heterocycles. The van der Waals surface area contributed by atoms with Gasteiger partial charge in [-0.25, -0.2) is 0 Å². The van der Waals surface area contributed by atoms with Crippen LogP contribution in [0.5, 0.6) is 0 Å². The van der Waals surface area contributed by atoms with Crippen LogP contribution in [-0.2, 0) is 0 Å². The van der Waals surface area contributed by atoms with Crippen LogP contribution in [0.4, 0.5) is 5.69 Å². The highest BCUT2D eigenvalue weighted by Gasteiger charge is 2.24. The summed E-state index contributed by atoms with van der Waals surface area (Å²) < 4.78 is 0. The molecule has 19 heavy (non-hydrogen) atoms. The largest absolute Gasteiger partial charge is 0.395 e. The van der Waals surface area contributed by atoms with Gasteiger partial charge in [0.1, 0.15) is 0 Å². The molecule has 4 nitrogen and oxygen atoms in total. The van der Waals surface area contributed by atoms with Gasteiger partial charge in [-0.3, -0.25) is 0 Å². The summed E-state index contributed by atoms with van der Waals surface area (Å²) >= 11 is 0. The molecule has 1 fully saturated rings. The molecule has 1 heterocycles. The molecular weight excluding hydrogens is 238 g/mol. The molecule has 4 heteroatoms. The van der Waals surface area contributed by atoms with Crippen LogP contribution >= 0.6 is 0 Å². The average Bonchev–Trinajstić information content (AvgIpc) is 2.98. The molecule has 1 saturated carbocycles. The Morgan fingerprint density at radius 3 is 2.79 bits per heavy atom. The van der Waals surface area contributed by atoms with Crippen molar-refractivity contribution in [3.8, 4) is 0 Å². The van der Waals surface area contributed by atoms with E-state index < -0.39 is 0 Å². The van der Waals surface area contributed by atoms with Crippen LogP contribution in [0.1, 0.15) is 25.7 Å². The second kappa shape index (κ2) is 5.53. The third kappa shape index (κ3) is 2.40. The number of aromatic nitrogens is 2. The Balaban J connectivity index is 2.03. The first-order valence-electron chi connectivity index (χ1n) is 6.98. The van der Waals surface area contributed by atoms with Crippen LogP contribution in [0, 0.1) is 0 Å². The summed E-state index contributed by atoms with van der Waals surface area (Å²) in [5.74, 6) is 0. The zero-order valence-electron chi connectivity index (χ0n) is 11.0. The van der Waals surface area contributed by atoms with E-state index in [1.807, 2.05) is 24.4 Å². The van der Waals surface area contributed by atoms with E-state index >= 15 is 0 Å². The Hall–Kier alpha value is -1.68. The summed E-state index contributed by atoms with van der Waals surface area (Å²) in [7, 11) is 0. The Bertz CT molecular complexity index is 547. The van der Waals surface area contributed by atoms with E-state index in [0.29, 0.717) is 12.6 Å². The van der Waals surface area contributed by atoms with Crippen molar-refractivity contribution in [1.82, 2.24) is 10.2 Å². The van der Waals surface area contributed by atoms with E-state index in [0.717, 1.165) is 16.6 Å². The minimum atomic E-state index is 0.174. The second-order valence-electron chi connectivity index (χ2n) is 5.10. The van der Waals surface area contributed by atoms with Gasteiger partial charge < -0.3 is 10.0 Å². The number of hydrogen-bond donors (Lipinski definition) is 1. The smallest absolute Gasteiger partial charge is 0.0950 e. The predicted molar refractivity (Wildman–Crippen MR) is 76.2 cm³/mol. The number of nitrogens with zero attached hydrogens (tertiary/aromatic N) is 3. The van der Waals surface area contributed by atoms with Crippen molar-refractivity contribution >= 4 is 16.6 Å². The van der Waals surface area contributed by atoms with Crippen molar-refractivity contribution in [2.45, 2.75) is 31.7 Å². The number of aliphatic hydroxyl groups is 1. The molecule has 0 saturated heterocycles. The number of fused-ring (bicyclic) bond motifs is 1. The molecular formula is C15H19N3O. The van der Waals surface area contributed by atoms with Gasteiger partial charge in [0.05, 0.1) is 24.0 Å². The zero-order valence-corrected chi connectivity index (χ0v) is 11.0. The summed E-state index contributed by atoms with van der Waals surface area (Å²) in [6, 6.07) is 8.60. The van der Waals surface area contributed by atoms with Crippen LogP contribution in [0.15, 0.2) is 30.5 Å². The van der Waals surface area contributed by atoms with Gasteiger partial charge in [-0.05, 0) is 18.9 Å². The number of rotatable bonds is 4. The summed E-state index contributed by atoms with van der Waals surface area (Å²) in [6.07, 6.45) is 6.80. The van der Waals surface area contributed by atoms with Gasteiger partial charge >= 0.3 is 0 Å². The molecule has 0 spiro atoms. The van der Waals surface area contributed by atoms with E-state index in [-0.39, 0.29) is 6.61 Å². The Morgan fingerprint density at radius 1 is 1.21 bits per heavy atom. The maximum Gasteiger partial charge on any atom is 0.0950 e. The molecule has 100 valence electrons. The first-order valence-corrected chi connectivity index (χ1v) is 6.98. The Morgan fingerprint density at radius 2 is 2.00 bits per heavy atom. The molecule has 0 amide bonds. The van der Waals surface area contributed by atoms with Crippen molar-refractivity contribution in [2.24, 2.45) is 0 Å². The predicted octanol–water partition coefficient (Wildman–Crippen LogP) is 2.37. The van der Waals surface area contributed by atoms with Crippen LogP contribution in [0.25, 0.3) is 10.9 Å². The standard InChI is InChI=1S/C15H19N3O/c19-10-9-18(12-5-1-2-6-12)15-11-16-17-14-8-4-3-7-13(14)15/h3-4,7-8,11-12,19H,1-2,5-6,9-10H2. The lowest BCUT2D eigenvalue weighted by atomic mass is 10.1. The van der Waals surface area contributed by atoms with Gasteiger partial charge in [0.25, 0.3) is 0 Å². The molecule has 0 unspecified atom stereocenters. The third-order valence-electron chi connectivity index (χ3n) is 3.94. The van der Waals surface area contributed by atoms with Crippen LogP contribution in [-0.4, -0.2) is 34.5 Å². The van der Waals surface area contributed by atoms with E-state index in [4.69, 9.17) is 0 Å². The molecule has 0 radical (unpaired) electrons. The molecule has 1 aliphatic rings. The second-order valence-corrected chi connectivity index (χ2v) is 5.10. The Labute approximate surface area is 113 Å². The maximum absolute atomic E-state index is 9.35.